The van der Waals surface area contributed by atoms with Gasteiger partial charge in [-0.1, -0.05) is 25.2 Å². The van der Waals surface area contributed by atoms with Gasteiger partial charge in [-0.3, -0.25) is 0 Å². The number of nitrogens with one attached hydrogen (secondary N) is 2. The van der Waals surface area contributed by atoms with Gasteiger partial charge in [0.1, 0.15) is 5.75 Å². The number of hydrogen-bond acceptors (Lipinski definition) is 3. The number of ether oxygens (including phenoxy) is 1. The monoisotopic (exact) mass is 267 g/mol. The summed E-state index contributed by atoms with van der Waals surface area (Å²) in [4.78, 5) is 12.0. The molecule has 0 fully saturated rings. The molecule has 0 aromatic heterocycles. The van der Waals surface area contributed by atoms with Crippen molar-refractivity contribution in [3.8, 4) is 5.75 Å². The van der Waals surface area contributed by atoms with Gasteiger partial charge in [-0.15, -0.1) is 0 Å². The van der Waals surface area contributed by atoms with E-state index in [1.807, 2.05) is 6.92 Å². The second kappa shape index (κ2) is 6.80. The van der Waals surface area contributed by atoms with Gasteiger partial charge in [0.2, 0.25) is 0 Å². The summed E-state index contributed by atoms with van der Waals surface area (Å²) in [5.41, 5.74) is 6.15. The molecule has 0 aliphatic rings. The molecule has 0 saturated heterocycles. The fraction of sp³-hybridized carbons (Fsp3) is 0.333. The first kappa shape index (κ1) is 14.2. The van der Waals surface area contributed by atoms with E-state index in [0.29, 0.717) is 17.9 Å². The minimum absolute atomic E-state index is 0.276. The van der Waals surface area contributed by atoms with Crippen molar-refractivity contribution in [2.24, 2.45) is 5.73 Å². The van der Waals surface area contributed by atoms with Crippen molar-refractivity contribution in [3.05, 3.63) is 24.3 Å². The zero-order chi connectivity index (χ0) is 13.5. The molecule has 1 aromatic rings. The molecule has 18 heavy (non-hydrogen) atoms. The Bertz CT molecular complexity index is 437. The lowest BCUT2D eigenvalue weighted by atomic mass is 10.2. The highest BCUT2D eigenvalue weighted by atomic mass is 32.1. The van der Waals surface area contributed by atoms with Gasteiger partial charge < -0.3 is 21.1 Å². The number of urea groups is 1. The van der Waals surface area contributed by atoms with E-state index < -0.39 is 0 Å². The molecule has 4 N–H and O–H groups in total. The average molecular weight is 267 g/mol. The van der Waals surface area contributed by atoms with Crippen LogP contribution in [0.15, 0.2) is 24.3 Å². The molecule has 1 unspecified atom stereocenters. The minimum Gasteiger partial charge on any atom is -0.497 e. The van der Waals surface area contributed by atoms with Crippen LogP contribution in [-0.2, 0) is 0 Å². The fourth-order valence-electron chi connectivity index (χ4n) is 1.40. The SMILES string of the molecule is CCC(NC(=O)Nc1cccc(OC)c1)C(N)=S. The second-order valence-corrected chi connectivity index (χ2v) is 4.17. The van der Waals surface area contributed by atoms with Crippen molar-refractivity contribution < 1.29 is 9.53 Å². The molecule has 1 atom stereocenters. The Labute approximate surface area is 112 Å². The Kier molecular flexibility index (Phi) is 5.38. The molecule has 2 amide bonds. The third-order valence-corrected chi connectivity index (χ3v) is 2.67. The van der Waals surface area contributed by atoms with Crippen molar-refractivity contribution in [2.45, 2.75) is 19.4 Å². The maximum Gasteiger partial charge on any atom is 0.319 e. The Morgan fingerprint density at radius 1 is 1.56 bits per heavy atom. The Morgan fingerprint density at radius 3 is 2.83 bits per heavy atom. The van der Waals surface area contributed by atoms with Crippen LogP contribution < -0.4 is 21.1 Å². The van der Waals surface area contributed by atoms with Gasteiger partial charge in [0, 0.05) is 11.8 Å². The van der Waals surface area contributed by atoms with Gasteiger partial charge in [0.25, 0.3) is 0 Å². The highest BCUT2D eigenvalue weighted by Crippen LogP contribution is 2.16. The summed E-state index contributed by atoms with van der Waals surface area (Å²) in [5.74, 6) is 0.675. The van der Waals surface area contributed by atoms with Crippen molar-refractivity contribution in [1.29, 1.82) is 0 Å². The summed E-state index contributed by atoms with van der Waals surface area (Å²) in [5, 5.41) is 5.39. The minimum atomic E-state index is -0.345. The first-order valence-corrected chi connectivity index (χ1v) is 5.98. The summed E-state index contributed by atoms with van der Waals surface area (Å²) in [7, 11) is 1.57. The van der Waals surface area contributed by atoms with Crippen molar-refractivity contribution in [3.63, 3.8) is 0 Å². The molecule has 0 aliphatic carbocycles. The van der Waals surface area contributed by atoms with Crippen molar-refractivity contribution in [1.82, 2.24) is 5.32 Å². The van der Waals surface area contributed by atoms with E-state index in [1.165, 1.54) is 0 Å². The molecule has 0 saturated carbocycles. The summed E-state index contributed by atoms with van der Waals surface area (Å²) in [6.45, 7) is 1.90. The lowest BCUT2D eigenvalue weighted by Crippen LogP contribution is -2.44. The van der Waals surface area contributed by atoms with E-state index in [9.17, 15) is 4.79 Å². The van der Waals surface area contributed by atoms with E-state index in [2.05, 4.69) is 10.6 Å². The number of carbonyl (C=O) groups excluding carboxylic acids is 1. The smallest absolute Gasteiger partial charge is 0.319 e. The van der Waals surface area contributed by atoms with E-state index >= 15 is 0 Å². The van der Waals surface area contributed by atoms with Gasteiger partial charge in [0.15, 0.2) is 0 Å². The fourth-order valence-corrected chi connectivity index (χ4v) is 1.63. The quantitative estimate of drug-likeness (QED) is 0.712. The predicted octanol–water partition coefficient (Wildman–Crippen LogP) is 1.88. The molecule has 5 nitrogen and oxygen atoms in total. The van der Waals surface area contributed by atoms with E-state index in [0.717, 1.165) is 0 Å². The number of nitrogens with two attached hydrogens (primary N) is 1. The van der Waals surface area contributed by atoms with Crippen LogP contribution in [0.4, 0.5) is 10.5 Å². The summed E-state index contributed by atoms with van der Waals surface area (Å²) >= 11 is 4.85. The standard InChI is InChI=1S/C12H17N3O2S/c1-3-10(11(13)18)15-12(16)14-8-5-4-6-9(7-8)17-2/h4-7,10H,3H2,1-2H3,(H2,13,18)(H2,14,15,16). The molecular weight excluding hydrogens is 250 g/mol. The third-order valence-electron chi connectivity index (χ3n) is 2.38. The largest absolute Gasteiger partial charge is 0.497 e. The van der Waals surface area contributed by atoms with Crippen LogP contribution in [0.2, 0.25) is 0 Å². The number of amides is 2. The van der Waals surface area contributed by atoms with E-state index in [-0.39, 0.29) is 17.1 Å². The lowest BCUT2D eigenvalue weighted by molar-refractivity contribution is 0.250. The number of benzene rings is 1. The summed E-state index contributed by atoms with van der Waals surface area (Å²) in [6.07, 6.45) is 0.654. The van der Waals surface area contributed by atoms with E-state index in [1.54, 1.807) is 31.4 Å². The number of rotatable bonds is 5. The molecule has 0 spiro atoms. The number of thiocarbonyl (C=S) groups is 1. The Hall–Kier alpha value is -1.82. The normalized spacial score (nSPS) is 11.4. The van der Waals surface area contributed by atoms with E-state index in [4.69, 9.17) is 22.7 Å². The highest BCUT2D eigenvalue weighted by Gasteiger charge is 2.12. The first-order chi connectivity index (χ1) is 8.56. The zero-order valence-corrected chi connectivity index (χ0v) is 11.2. The maximum absolute atomic E-state index is 11.7. The van der Waals surface area contributed by atoms with Gasteiger partial charge in [-0.25, -0.2) is 4.79 Å². The van der Waals surface area contributed by atoms with Crippen LogP contribution in [0.3, 0.4) is 0 Å². The molecule has 98 valence electrons. The summed E-state index contributed by atoms with van der Waals surface area (Å²) < 4.78 is 5.06. The second-order valence-electron chi connectivity index (χ2n) is 3.69. The lowest BCUT2D eigenvalue weighted by Gasteiger charge is -2.16. The van der Waals surface area contributed by atoms with Crippen LogP contribution in [-0.4, -0.2) is 24.2 Å². The maximum atomic E-state index is 11.7. The third kappa shape index (κ3) is 4.21. The average Bonchev–Trinajstić information content (AvgIpc) is 2.35. The Balaban J connectivity index is 2.61. The van der Waals surface area contributed by atoms with Crippen LogP contribution in [0, 0.1) is 0 Å². The topological polar surface area (TPSA) is 76.4 Å². The van der Waals surface area contributed by atoms with Gasteiger partial charge in [0.05, 0.1) is 18.1 Å². The predicted molar refractivity (Wildman–Crippen MR) is 76.0 cm³/mol. The van der Waals surface area contributed by atoms with Crippen molar-refractivity contribution >= 4 is 28.9 Å². The number of methoxy groups -OCH3 is 1. The van der Waals surface area contributed by atoms with Gasteiger partial charge >= 0.3 is 6.03 Å². The van der Waals surface area contributed by atoms with Gasteiger partial charge in [-0.05, 0) is 18.6 Å². The highest BCUT2D eigenvalue weighted by molar-refractivity contribution is 7.80. The number of anilines is 1. The van der Waals surface area contributed by atoms with Crippen LogP contribution in [0.5, 0.6) is 5.75 Å². The molecule has 0 heterocycles. The summed E-state index contributed by atoms with van der Waals surface area (Å²) in [6, 6.07) is 6.44. The molecule has 0 aliphatic heterocycles. The first-order valence-electron chi connectivity index (χ1n) is 5.57. The number of carbonyl (C=O) groups is 1. The molecule has 0 radical (unpaired) electrons. The van der Waals surface area contributed by atoms with Crippen LogP contribution in [0.25, 0.3) is 0 Å². The van der Waals surface area contributed by atoms with Crippen LogP contribution in [0.1, 0.15) is 13.3 Å². The van der Waals surface area contributed by atoms with Crippen LogP contribution >= 0.6 is 12.2 Å². The molecular formula is C12H17N3O2S. The molecule has 6 heteroatoms. The Morgan fingerprint density at radius 2 is 2.28 bits per heavy atom. The molecule has 1 rings (SSSR count). The van der Waals surface area contributed by atoms with Gasteiger partial charge in [-0.2, -0.15) is 0 Å². The molecule has 1 aromatic carbocycles. The van der Waals surface area contributed by atoms with Crippen molar-refractivity contribution in [2.75, 3.05) is 12.4 Å². The zero-order valence-electron chi connectivity index (χ0n) is 10.4. The number of hydrogen-bond donors (Lipinski definition) is 3. The molecule has 0 bridgehead atoms.